The summed E-state index contributed by atoms with van der Waals surface area (Å²) in [6.45, 7) is 4.54. The Kier molecular flexibility index (Phi) is 5.52. The van der Waals surface area contributed by atoms with Crippen molar-refractivity contribution in [3.8, 4) is 5.75 Å². The number of fused-ring (bicyclic) bond motifs is 1. The maximum absolute atomic E-state index is 12.8. The molecule has 3 fully saturated rings. The molecule has 3 heterocycles. The lowest BCUT2D eigenvalue weighted by Gasteiger charge is -2.26. The van der Waals surface area contributed by atoms with E-state index in [-0.39, 0.29) is 17.9 Å². The number of ether oxygens (including phenoxy) is 2. The third-order valence-corrected chi connectivity index (χ3v) is 7.00. The molecule has 164 valence electrons. The molecule has 7 nitrogen and oxygen atoms in total. The van der Waals surface area contributed by atoms with E-state index in [0.29, 0.717) is 23.4 Å². The number of likely N-dealkylation sites (tertiary alicyclic amines) is 1. The van der Waals surface area contributed by atoms with Crippen molar-refractivity contribution in [1.82, 2.24) is 14.7 Å². The molecule has 5 rings (SSSR count). The quantitative estimate of drug-likeness (QED) is 0.701. The fourth-order valence-electron chi connectivity index (χ4n) is 5.37. The lowest BCUT2D eigenvalue weighted by atomic mass is 9.91. The molecular weight excluding hydrogens is 394 g/mol. The molecule has 2 aromatic rings. The number of rotatable bonds is 4. The van der Waals surface area contributed by atoms with E-state index in [2.05, 4.69) is 23.3 Å². The first kappa shape index (κ1) is 20.2. The van der Waals surface area contributed by atoms with Crippen LogP contribution in [-0.2, 0) is 4.74 Å². The lowest BCUT2D eigenvalue weighted by Crippen LogP contribution is -2.34. The molecule has 3 atom stereocenters. The maximum atomic E-state index is 12.8. The highest BCUT2D eigenvalue weighted by atomic mass is 16.5. The molecule has 3 aliphatic rings. The van der Waals surface area contributed by atoms with Gasteiger partial charge in [-0.25, -0.2) is 4.79 Å². The summed E-state index contributed by atoms with van der Waals surface area (Å²) >= 11 is 0. The van der Waals surface area contributed by atoms with Crippen LogP contribution < -0.4 is 4.74 Å². The summed E-state index contributed by atoms with van der Waals surface area (Å²) in [7, 11) is 0. The molecule has 0 radical (unpaired) electrons. The van der Waals surface area contributed by atoms with Gasteiger partial charge >= 0.3 is 6.03 Å². The number of benzene rings is 1. The van der Waals surface area contributed by atoms with Crippen molar-refractivity contribution < 1.29 is 19.1 Å². The first-order chi connectivity index (χ1) is 15.1. The summed E-state index contributed by atoms with van der Waals surface area (Å²) in [6, 6.07) is 9.88. The minimum atomic E-state index is -0.149. The Labute approximate surface area is 182 Å². The molecule has 2 aliphatic heterocycles. The van der Waals surface area contributed by atoms with E-state index >= 15 is 0 Å². The van der Waals surface area contributed by atoms with Gasteiger partial charge in [-0.2, -0.15) is 9.78 Å². The number of Topliss-reactive ketones (excluding diaryl/α,β-unsaturated/α-hetero) is 1. The summed E-state index contributed by atoms with van der Waals surface area (Å²) in [6.07, 6.45) is 5.80. The van der Waals surface area contributed by atoms with Gasteiger partial charge in [0.2, 0.25) is 0 Å². The molecule has 0 bridgehead atoms. The third-order valence-electron chi connectivity index (χ3n) is 7.00. The maximum Gasteiger partial charge on any atom is 0.344 e. The number of hydrogen-bond donors (Lipinski definition) is 0. The molecule has 1 aliphatic carbocycles. The van der Waals surface area contributed by atoms with E-state index in [1.807, 2.05) is 11.0 Å². The second-order valence-electron chi connectivity index (χ2n) is 9.05. The van der Waals surface area contributed by atoms with Gasteiger partial charge in [0.15, 0.2) is 5.78 Å². The van der Waals surface area contributed by atoms with Crippen molar-refractivity contribution in [3.05, 3.63) is 47.8 Å². The number of para-hydroxylation sites is 1. The van der Waals surface area contributed by atoms with Gasteiger partial charge in [0.25, 0.3) is 0 Å². The van der Waals surface area contributed by atoms with Crippen LogP contribution in [0.4, 0.5) is 4.79 Å². The molecule has 0 spiro atoms. The zero-order valence-electron chi connectivity index (χ0n) is 17.9. The monoisotopic (exact) mass is 423 g/mol. The molecule has 1 saturated carbocycles. The molecule has 0 N–H and O–H groups in total. The summed E-state index contributed by atoms with van der Waals surface area (Å²) in [5.74, 6) is 2.29. The van der Waals surface area contributed by atoms with E-state index in [1.54, 1.807) is 12.3 Å². The van der Waals surface area contributed by atoms with Crippen molar-refractivity contribution in [1.29, 1.82) is 0 Å². The summed E-state index contributed by atoms with van der Waals surface area (Å²) in [5.41, 5.74) is 1.63. The molecule has 1 aromatic carbocycles. The van der Waals surface area contributed by atoms with Crippen LogP contribution in [0.15, 0.2) is 36.5 Å². The Hall–Kier alpha value is -2.67. The van der Waals surface area contributed by atoms with Crippen LogP contribution in [0.3, 0.4) is 0 Å². The molecule has 2 saturated heterocycles. The first-order valence-electron chi connectivity index (χ1n) is 11.3. The zero-order valence-corrected chi connectivity index (χ0v) is 17.9. The van der Waals surface area contributed by atoms with Gasteiger partial charge in [-0.1, -0.05) is 18.2 Å². The number of nitrogens with zero attached hydrogens (tertiary/aromatic N) is 3. The van der Waals surface area contributed by atoms with Crippen LogP contribution in [0.5, 0.6) is 5.75 Å². The van der Waals surface area contributed by atoms with Crippen molar-refractivity contribution in [3.63, 3.8) is 0 Å². The van der Waals surface area contributed by atoms with Gasteiger partial charge in [0.1, 0.15) is 11.4 Å². The van der Waals surface area contributed by atoms with Crippen LogP contribution in [0.25, 0.3) is 0 Å². The van der Waals surface area contributed by atoms with E-state index in [9.17, 15) is 9.59 Å². The molecule has 7 heteroatoms. The lowest BCUT2D eigenvalue weighted by molar-refractivity contribution is 0.0840. The van der Waals surface area contributed by atoms with Gasteiger partial charge in [0.05, 0.1) is 6.10 Å². The Bertz CT molecular complexity index is 951. The fourth-order valence-corrected chi connectivity index (χ4v) is 5.37. The normalized spacial score (nSPS) is 26.1. The number of ketones is 1. The van der Waals surface area contributed by atoms with Crippen LogP contribution in [0, 0.1) is 11.8 Å². The SMILES string of the molecule is CC(=O)c1ccn(C(=O)N2C[C@H]3C[C@H](Oc4ccccc4C4CCOCC4)C[C@H]3C2)n1. The number of aromatic nitrogens is 2. The van der Waals surface area contributed by atoms with Gasteiger partial charge in [0, 0.05) is 39.4 Å². The Morgan fingerprint density at radius 3 is 2.45 bits per heavy atom. The Morgan fingerprint density at radius 1 is 1.06 bits per heavy atom. The second kappa shape index (κ2) is 8.46. The highest BCUT2D eigenvalue weighted by Crippen LogP contribution is 2.41. The van der Waals surface area contributed by atoms with Crippen molar-refractivity contribution >= 4 is 11.8 Å². The zero-order chi connectivity index (χ0) is 21.4. The van der Waals surface area contributed by atoms with Crippen LogP contribution in [0.2, 0.25) is 0 Å². The first-order valence-corrected chi connectivity index (χ1v) is 11.3. The fraction of sp³-hybridized carbons (Fsp3) is 0.542. The van der Waals surface area contributed by atoms with Crippen molar-refractivity contribution in [2.75, 3.05) is 26.3 Å². The minimum Gasteiger partial charge on any atom is -0.490 e. The largest absolute Gasteiger partial charge is 0.490 e. The van der Waals surface area contributed by atoms with Gasteiger partial charge < -0.3 is 14.4 Å². The molecule has 31 heavy (non-hydrogen) atoms. The van der Waals surface area contributed by atoms with Crippen molar-refractivity contribution in [2.45, 2.75) is 44.6 Å². The summed E-state index contributed by atoms with van der Waals surface area (Å²) in [4.78, 5) is 26.1. The number of amides is 1. The van der Waals surface area contributed by atoms with E-state index < -0.39 is 0 Å². The average molecular weight is 424 g/mol. The molecular formula is C24H29N3O4. The van der Waals surface area contributed by atoms with E-state index in [1.165, 1.54) is 17.2 Å². The van der Waals surface area contributed by atoms with Crippen molar-refractivity contribution in [2.24, 2.45) is 11.8 Å². The highest BCUT2D eigenvalue weighted by Gasteiger charge is 2.44. The summed E-state index contributed by atoms with van der Waals surface area (Å²) in [5, 5.41) is 4.12. The number of carbonyl (C=O) groups excluding carboxylic acids is 2. The standard InChI is InChI=1S/C24H29N3O4/c1-16(28)22-6-9-27(25-22)24(29)26-14-18-12-20(13-19(18)15-26)31-23-5-3-2-4-21(23)17-7-10-30-11-8-17/h2-6,9,17-20H,7-8,10-15H2,1H3/t18-,19+,20+. The second-order valence-corrected chi connectivity index (χ2v) is 9.05. The minimum absolute atomic E-state index is 0.133. The van der Waals surface area contributed by atoms with E-state index in [4.69, 9.17) is 9.47 Å². The Balaban J connectivity index is 1.20. The van der Waals surface area contributed by atoms with Crippen LogP contribution >= 0.6 is 0 Å². The van der Waals surface area contributed by atoms with Gasteiger partial charge in [-0.05, 0) is 61.1 Å². The van der Waals surface area contributed by atoms with Gasteiger partial charge in [-0.3, -0.25) is 4.79 Å². The molecule has 1 aromatic heterocycles. The highest BCUT2D eigenvalue weighted by molar-refractivity contribution is 5.92. The predicted octanol–water partition coefficient (Wildman–Crippen LogP) is 3.74. The molecule has 0 unspecified atom stereocenters. The smallest absolute Gasteiger partial charge is 0.344 e. The summed E-state index contributed by atoms with van der Waals surface area (Å²) < 4.78 is 13.3. The topological polar surface area (TPSA) is 73.7 Å². The van der Waals surface area contributed by atoms with Gasteiger partial charge in [-0.15, -0.1) is 0 Å². The average Bonchev–Trinajstić information content (AvgIpc) is 3.49. The molecule has 1 amide bonds. The number of carbonyl (C=O) groups is 2. The van der Waals surface area contributed by atoms with Crippen LogP contribution in [0.1, 0.15) is 54.6 Å². The Morgan fingerprint density at radius 2 is 1.77 bits per heavy atom. The van der Waals surface area contributed by atoms with Crippen LogP contribution in [-0.4, -0.2) is 58.9 Å². The van der Waals surface area contributed by atoms with E-state index in [0.717, 1.165) is 57.7 Å². The number of hydrogen-bond acceptors (Lipinski definition) is 5. The third kappa shape index (κ3) is 4.11. The predicted molar refractivity (Wildman–Crippen MR) is 114 cm³/mol.